The lowest BCUT2D eigenvalue weighted by Gasteiger charge is -2.07. The van der Waals surface area contributed by atoms with Gasteiger partial charge in [-0.05, 0) is 24.1 Å². The normalized spacial score (nSPS) is 11.4. The number of aryl methyl sites for hydroxylation is 2. The summed E-state index contributed by atoms with van der Waals surface area (Å²) in [6.45, 7) is 2.47. The van der Waals surface area contributed by atoms with Crippen LogP contribution in [0.5, 0.6) is 0 Å². The van der Waals surface area contributed by atoms with Crippen LogP contribution >= 0.6 is 0 Å². The minimum absolute atomic E-state index is 0.00777. The summed E-state index contributed by atoms with van der Waals surface area (Å²) in [5.41, 5.74) is 3.14. The van der Waals surface area contributed by atoms with Gasteiger partial charge in [-0.2, -0.15) is 10.1 Å². The van der Waals surface area contributed by atoms with Crippen LogP contribution in [-0.2, 0) is 20.6 Å². The molecule has 0 unspecified atom stereocenters. The van der Waals surface area contributed by atoms with E-state index in [1.807, 2.05) is 6.92 Å². The molecule has 0 saturated heterocycles. The van der Waals surface area contributed by atoms with E-state index in [-0.39, 0.29) is 11.3 Å². The Morgan fingerprint density at radius 3 is 2.50 bits per heavy atom. The molecule has 0 amide bonds. The summed E-state index contributed by atoms with van der Waals surface area (Å²) in [6.07, 6.45) is 2.23. The van der Waals surface area contributed by atoms with Crippen molar-refractivity contribution in [3.63, 3.8) is 0 Å². The molecule has 0 aliphatic heterocycles. The second-order valence-electron chi connectivity index (χ2n) is 6.18. The number of fused-ring (bicyclic) bond motifs is 1. The SMILES string of the molecule is CCCn1c(NN=Cc2ccc([N+](=O)[O-])cc2)nc2c1c(=O)n(C)c(=O)n2C. The number of hydrazone groups is 1. The van der Waals surface area contributed by atoms with Crippen LogP contribution in [-0.4, -0.2) is 29.8 Å². The molecule has 0 aliphatic rings. The number of nitrogens with zero attached hydrogens (tertiary/aromatic N) is 6. The highest BCUT2D eigenvalue weighted by Gasteiger charge is 2.18. The van der Waals surface area contributed by atoms with Crippen molar-refractivity contribution in [1.29, 1.82) is 0 Å². The molecule has 146 valence electrons. The van der Waals surface area contributed by atoms with Crippen molar-refractivity contribution in [2.75, 3.05) is 5.43 Å². The first-order chi connectivity index (χ1) is 13.3. The predicted octanol–water partition coefficient (Wildman–Crippen LogP) is 1.20. The fourth-order valence-corrected chi connectivity index (χ4v) is 2.82. The summed E-state index contributed by atoms with van der Waals surface area (Å²) < 4.78 is 4.04. The van der Waals surface area contributed by atoms with Gasteiger partial charge in [-0.3, -0.25) is 24.0 Å². The zero-order chi connectivity index (χ0) is 20.4. The number of imidazole rings is 1. The average Bonchev–Trinajstić information content (AvgIpc) is 3.04. The Hall–Kier alpha value is -3.76. The summed E-state index contributed by atoms with van der Waals surface area (Å²) in [5.74, 6) is 0.327. The Morgan fingerprint density at radius 1 is 1.21 bits per heavy atom. The third kappa shape index (κ3) is 3.29. The van der Waals surface area contributed by atoms with E-state index in [0.717, 1.165) is 11.0 Å². The maximum Gasteiger partial charge on any atom is 0.332 e. The van der Waals surface area contributed by atoms with E-state index in [0.29, 0.717) is 23.6 Å². The van der Waals surface area contributed by atoms with Crippen molar-refractivity contribution in [2.45, 2.75) is 19.9 Å². The number of anilines is 1. The molecule has 28 heavy (non-hydrogen) atoms. The smallest absolute Gasteiger partial charge is 0.303 e. The minimum Gasteiger partial charge on any atom is -0.303 e. The zero-order valence-electron chi connectivity index (χ0n) is 15.6. The van der Waals surface area contributed by atoms with Gasteiger partial charge < -0.3 is 4.57 Å². The second kappa shape index (κ2) is 7.47. The molecule has 0 spiro atoms. The van der Waals surface area contributed by atoms with E-state index in [1.165, 1.54) is 30.0 Å². The van der Waals surface area contributed by atoms with Gasteiger partial charge in [-0.15, -0.1) is 0 Å². The lowest BCUT2D eigenvalue weighted by molar-refractivity contribution is -0.384. The van der Waals surface area contributed by atoms with Crippen molar-refractivity contribution in [1.82, 2.24) is 18.7 Å². The number of hydrogen-bond acceptors (Lipinski definition) is 7. The molecule has 0 atom stereocenters. The van der Waals surface area contributed by atoms with E-state index in [4.69, 9.17) is 0 Å². The predicted molar refractivity (Wildman–Crippen MR) is 105 cm³/mol. The third-order valence-corrected chi connectivity index (χ3v) is 4.28. The molecular formula is C17H19N7O4. The fourth-order valence-electron chi connectivity index (χ4n) is 2.82. The Morgan fingerprint density at radius 2 is 1.89 bits per heavy atom. The van der Waals surface area contributed by atoms with Gasteiger partial charge in [0, 0.05) is 32.8 Å². The third-order valence-electron chi connectivity index (χ3n) is 4.28. The van der Waals surface area contributed by atoms with Crippen LogP contribution in [0.15, 0.2) is 39.0 Å². The van der Waals surface area contributed by atoms with Crippen LogP contribution in [0.3, 0.4) is 0 Å². The molecule has 3 rings (SSSR count). The highest BCUT2D eigenvalue weighted by Crippen LogP contribution is 2.16. The molecule has 2 heterocycles. The summed E-state index contributed by atoms with van der Waals surface area (Å²) in [6, 6.07) is 5.90. The number of rotatable bonds is 6. The van der Waals surface area contributed by atoms with Gasteiger partial charge in [0.05, 0.1) is 11.1 Å². The molecule has 0 saturated carbocycles. The van der Waals surface area contributed by atoms with Gasteiger partial charge in [0.2, 0.25) is 5.95 Å². The van der Waals surface area contributed by atoms with E-state index >= 15 is 0 Å². The van der Waals surface area contributed by atoms with Crippen LogP contribution in [0.2, 0.25) is 0 Å². The lowest BCUT2D eigenvalue weighted by Crippen LogP contribution is -2.37. The van der Waals surface area contributed by atoms with Crippen molar-refractivity contribution in [3.05, 3.63) is 60.8 Å². The maximum absolute atomic E-state index is 12.6. The molecule has 11 heteroatoms. The standard InChI is InChI=1S/C17H19N7O4/c1-4-9-23-13-14(21(2)17(26)22(3)15(13)25)19-16(23)20-18-10-11-5-7-12(8-6-11)24(27)28/h5-8,10H,4,9H2,1-3H3,(H,19,20). The molecule has 0 fully saturated rings. The molecule has 1 N–H and O–H groups in total. The molecule has 1 aromatic carbocycles. The van der Waals surface area contributed by atoms with Crippen LogP contribution in [0.25, 0.3) is 11.2 Å². The van der Waals surface area contributed by atoms with Crippen LogP contribution in [0.4, 0.5) is 11.6 Å². The first-order valence-electron chi connectivity index (χ1n) is 8.55. The summed E-state index contributed by atoms with van der Waals surface area (Å²) in [4.78, 5) is 39.3. The van der Waals surface area contributed by atoms with Crippen LogP contribution in [0.1, 0.15) is 18.9 Å². The Bertz CT molecular complexity index is 1190. The zero-order valence-corrected chi connectivity index (χ0v) is 15.6. The number of nitrogens with one attached hydrogen (secondary N) is 1. The minimum atomic E-state index is -0.475. The van der Waals surface area contributed by atoms with E-state index in [1.54, 1.807) is 23.7 Å². The lowest BCUT2D eigenvalue weighted by atomic mass is 10.2. The molecule has 3 aromatic rings. The highest BCUT2D eigenvalue weighted by molar-refractivity contribution is 5.81. The number of nitro benzene ring substituents is 1. The van der Waals surface area contributed by atoms with E-state index < -0.39 is 16.2 Å². The summed E-state index contributed by atoms with van der Waals surface area (Å²) in [5, 5.41) is 14.8. The van der Waals surface area contributed by atoms with Gasteiger partial charge >= 0.3 is 5.69 Å². The van der Waals surface area contributed by atoms with E-state index in [2.05, 4.69) is 15.5 Å². The van der Waals surface area contributed by atoms with Gasteiger partial charge in [-0.25, -0.2) is 10.2 Å². The topological polar surface area (TPSA) is 129 Å². The summed E-state index contributed by atoms with van der Waals surface area (Å²) >= 11 is 0. The average molecular weight is 385 g/mol. The monoisotopic (exact) mass is 385 g/mol. The molecule has 11 nitrogen and oxygen atoms in total. The maximum atomic E-state index is 12.6. The van der Waals surface area contributed by atoms with Gasteiger partial charge in [0.25, 0.3) is 11.2 Å². The first-order valence-corrected chi connectivity index (χ1v) is 8.55. The van der Waals surface area contributed by atoms with Crippen LogP contribution < -0.4 is 16.7 Å². The largest absolute Gasteiger partial charge is 0.332 e. The second-order valence-corrected chi connectivity index (χ2v) is 6.18. The van der Waals surface area contributed by atoms with Crippen molar-refractivity contribution in [3.8, 4) is 0 Å². The van der Waals surface area contributed by atoms with Crippen molar-refractivity contribution >= 4 is 29.0 Å². The molecular weight excluding hydrogens is 366 g/mol. The Labute approximate surface area is 158 Å². The summed E-state index contributed by atoms with van der Waals surface area (Å²) in [7, 11) is 2.98. The van der Waals surface area contributed by atoms with Gasteiger partial charge in [0.15, 0.2) is 11.2 Å². The molecule has 0 radical (unpaired) electrons. The number of nitro groups is 1. The fraction of sp³-hybridized carbons (Fsp3) is 0.294. The van der Waals surface area contributed by atoms with E-state index in [9.17, 15) is 19.7 Å². The Kier molecular flexibility index (Phi) is 5.07. The molecule has 2 aromatic heterocycles. The van der Waals surface area contributed by atoms with Gasteiger partial charge in [0.1, 0.15) is 0 Å². The van der Waals surface area contributed by atoms with Gasteiger partial charge in [-0.1, -0.05) is 6.92 Å². The number of non-ortho nitro benzene ring substituents is 1. The van der Waals surface area contributed by atoms with Crippen molar-refractivity contribution < 1.29 is 4.92 Å². The number of aromatic nitrogens is 4. The van der Waals surface area contributed by atoms with Crippen LogP contribution in [0, 0.1) is 10.1 Å². The van der Waals surface area contributed by atoms with Crippen molar-refractivity contribution in [2.24, 2.45) is 19.2 Å². The number of hydrogen-bond donors (Lipinski definition) is 1. The molecule has 0 bridgehead atoms. The highest BCUT2D eigenvalue weighted by atomic mass is 16.6. The quantitative estimate of drug-likeness (QED) is 0.385. The first kappa shape index (κ1) is 19.0. The molecule has 0 aliphatic carbocycles. The number of benzene rings is 1. The Balaban J connectivity index is 1.98.